The average Bonchev–Trinajstić information content (AvgIpc) is 2.67. The van der Waals surface area contributed by atoms with Crippen molar-refractivity contribution in [2.75, 3.05) is 19.8 Å². The SMILES string of the molecule is CCOc1ccc2c(c1)C=C(C(=O)NCCc1ccc(S(N)(=O)=O)cc1)CO2. The normalized spacial score (nSPS) is 13.1. The van der Waals surface area contributed by atoms with E-state index in [1.54, 1.807) is 18.2 Å². The molecule has 0 bridgehead atoms. The Morgan fingerprint density at radius 2 is 1.96 bits per heavy atom. The van der Waals surface area contributed by atoms with Crippen LogP contribution in [-0.2, 0) is 21.2 Å². The van der Waals surface area contributed by atoms with Gasteiger partial charge in [-0.05, 0) is 55.3 Å². The first-order chi connectivity index (χ1) is 13.4. The summed E-state index contributed by atoms with van der Waals surface area (Å²) >= 11 is 0. The Bertz CT molecular complexity index is 998. The average molecular weight is 402 g/mol. The van der Waals surface area contributed by atoms with Gasteiger partial charge in [0.2, 0.25) is 10.0 Å². The highest BCUT2D eigenvalue weighted by Crippen LogP contribution is 2.30. The van der Waals surface area contributed by atoms with Gasteiger partial charge in [0.25, 0.3) is 5.91 Å². The third-order valence-electron chi connectivity index (χ3n) is 4.25. The molecule has 2 aromatic rings. The summed E-state index contributed by atoms with van der Waals surface area (Å²) in [6, 6.07) is 11.8. The molecular formula is C20H22N2O5S. The largest absolute Gasteiger partial charge is 0.494 e. The zero-order valence-corrected chi connectivity index (χ0v) is 16.3. The monoisotopic (exact) mass is 402 g/mol. The number of amides is 1. The lowest BCUT2D eigenvalue weighted by molar-refractivity contribution is -0.117. The summed E-state index contributed by atoms with van der Waals surface area (Å²) < 4.78 is 33.7. The fourth-order valence-electron chi connectivity index (χ4n) is 2.82. The quantitative estimate of drug-likeness (QED) is 0.735. The molecule has 2 aromatic carbocycles. The molecule has 148 valence electrons. The second-order valence-electron chi connectivity index (χ2n) is 6.29. The predicted molar refractivity (Wildman–Crippen MR) is 106 cm³/mol. The van der Waals surface area contributed by atoms with Crippen molar-refractivity contribution in [2.24, 2.45) is 5.14 Å². The maximum atomic E-state index is 12.4. The number of fused-ring (bicyclic) bond motifs is 1. The summed E-state index contributed by atoms with van der Waals surface area (Å²) in [4.78, 5) is 12.5. The number of primary sulfonamides is 1. The number of ether oxygens (including phenoxy) is 2. The molecule has 1 amide bonds. The van der Waals surface area contributed by atoms with Crippen molar-refractivity contribution in [2.45, 2.75) is 18.2 Å². The van der Waals surface area contributed by atoms with Gasteiger partial charge in [0, 0.05) is 12.1 Å². The molecule has 8 heteroatoms. The fraction of sp³-hybridized carbons (Fsp3) is 0.250. The van der Waals surface area contributed by atoms with Gasteiger partial charge < -0.3 is 14.8 Å². The molecule has 1 aliphatic heterocycles. The second-order valence-corrected chi connectivity index (χ2v) is 7.85. The van der Waals surface area contributed by atoms with Crippen LogP contribution in [0.25, 0.3) is 6.08 Å². The number of sulfonamides is 1. The van der Waals surface area contributed by atoms with Crippen LogP contribution in [0, 0.1) is 0 Å². The molecule has 0 saturated heterocycles. The number of hydrogen-bond donors (Lipinski definition) is 2. The Labute approximate surface area is 164 Å². The highest BCUT2D eigenvalue weighted by atomic mass is 32.2. The third-order valence-corrected chi connectivity index (χ3v) is 5.18. The van der Waals surface area contributed by atoms with E-state index in [9.17, 15) is 13.2 Å². The van der Waals surface area contributed by atoms with Crippen LogP contribution in [0.1, 0.15) is 18.1 Å². The van der Waals surface area contributed by atoms with Gasteiger partial charge in [-0.15, -0.1) is 0 Å². The summed E-state index contributed by atoms with van der Waals surface area (Å²) in [6.07, 6.45) is 2.37. The van der Waals surface area contributed by atoms with E-state index in [2.05, 4.69) is 5.32 Å². The molecule has 0 spiro atoms. The first kappa shape index (κ1) is 19.9. The van der Waals surface area contributed by atoms with Gasteiger partial charge in [0.05, 0.1) is 17.1 Å². The van der Waals surface area contributed by atoms with E-state index in [0.29, 0.717) is 25.1 Å². The van der Waals surface area contributed by atoms with Gasteiger partial charge in [-0.2, -0.15) is 0 Å². The van der Waals surface area contributed by atoms with Crippen LogP contribution >= 0.6 is 0 Å². The van der Waals surface area contributed by atoms with Crippen LogP contribution in [0.4, 0.5) is 0 Å². The molecule has 0 radical (unpaired) electrons. The highest BCUT2D eigenvalue weighted by molar-refractivity contribution is 7.89. The van der Waals surface area contributed by atoms with Crippen LogP contribution in [0.2, 0.25) is 0 Å². The van der Waals surface area contributed by atoms with E-state index in [4.69, 9.17) is 14.6 Å². The van der Waals surface area contributed by atoms with Crippen molar-refractivity contribution < 1.29 is 22.7 Å². The molecule has 3 rings (SSSR count). The van der Waals surface area contributed by atoms with Crippen LogP contribution in [0.3, 0.4) is 0 Å². The van der Waals surface area contributed by atoms with Gasteiger partial charge in [-0.1, -0.05) is 12.1 Å². The van der Waals surface area contributed by atoms with Crippen molar-refractivity contribution in [3.8, 4) is 11.5 Å². The number of nitrogens with one attached hydrogen (secondary N) is 1. The highest BCUT2D eigenvalue weighted by Gasteiger charge is 2.17. The lowest BCUT2D eigenvalue weighted by Gasteiger charge is -2.18. The van der Waals surface area contributed by atoms with E-state index in [-0.39, 0.29) is 17.4 Å². The molecule has 28 heavy (non-hydrogen) atoms. The van der Waals surface area contributed by atoms with Gasteiger partial charge in [0.1, 0.15) is 18.1 Å². The van der Waals surface area contributed by atoms with Crippen LogP contribution < -0.4 is 19.9 Å². The summed E-state index contributed by atoms with van der Waals surface area (Å²) in [5.41, 5.74) is 2.24. The van der Waals surface area contributed by atoms with Gasteiger partial charge >= 0.3 is 0 Å². The first-order valence-electron chi connectivity index (χ1n) is 8.87. The summed E-state index contributed by atoms with van der Waals surface area (Å²) in [5.74, 6) is 1.24. The smallest absolute Gasteiger partial charge is 0.250 e. The lowest BCUT2D eigenvalue weighted by Crippen LogP contribution is -2.30. The standard InChI is InChI=1S/C20H22N2O5S/c1-2-26-17-5-8-19-15(12-17)11-16(13-27-19)20(23)22-10-9-14-3-6-18(7-4-14)28(21,24)25/h3-8,11-12H,2,9-10,13H2,1H3,(H,22,23)(H2,21,24,25). The zero-order chi connectivity index (χ0) is 20.1. The Morgan fingerprint density at radius 3 is 2.64 bits per heavy atom. The minimum atomic E-state index is -3.70. The van der Waals surface area contributed by atoms with Gasteiger partial charge in [0.15, 0.2) is 0 Å². The molecular weight excluding hydrogens is 380 g/mol. The molecule has 7 nitrogen and oxygen atoms in total. The molecule has 0 fully saturated rings. The minimum Gasteiger partial charge on any atom is -0.494 e. The van der Waals surface area contributed by atoms with Gasteiger partial charge in [-0.3, -0.25) is 4.79 Å². The summed E-state index contributed by atoms with van der Waals surface area (Å²) in [5, 5.41) is 7.93. The van der Waals surface area contributed by atoms with E-state index in [1.165, 1.54) is 12.1 Å². The molecule has 0 aromatic heterocycles. The van der Waals surface area contributed by atoms with Crippen LogP contribution in [0.5, 0.6) is 11.5 Å². The molecule has 0 saturated carbocycles. The summed E-state index contributed by atoms with van der Waals surface area (Å²) in [6.45, 7) is 3.09. The Kier molecular flexibility index (Phi) is 6.01. The van der Waals surface area contributed by atoms with Crippen molar-refractivity contribution in [3.63, 3.8) is 0 Å². The molecule has 0 atom stereocenters. The Balaban J connectivity index is 1.58. The molecule has 0 aliphatic carbocycles. The summed E-state index contributed by atoms with van der Waals surface area (Å²) in [7, 11) is -3.70. The van der Waals surface area contributed by atoms with Crippen molar-refractivity contribution in [1.82, 2.24) is 5.32 Å². The third kappa shape index (κ3) is 4.90. The number of carbonyl (C=O) groups is 1. The second kappa shape index (κ2) is 8.45. The van der Waals surface area contributed by atoms with E-state index >= 15 is 0 Å². The minimum absolute atomic E-state index is 0.0647. The van der Waals surface area contributed by atoms with Crippen molar-refractivity contribution in [3.05, 3.63) is 59.2 Å². The topological polar surface area (TPSA) is 108 Å². The first-order valence-corrected chi connectivity index (χ1v) is 10.4. The van der Waals surface area contributed by atoms with Crippen molar-refractivity contribution >= 4 is 22.0 Å². The zero-order valence-electron chi connectivity index (χ0n) is 15.5. The van der Waals surface area contributed by atoms with E-state index in [0.717, 1.165) is 22.6 Å². The molecule has 1 aliphatic rings. The molecule has 0 unspecified atom stereocenters. The van der Waals surface area contributed by atoms with E-state index < -0.39 is 10.0 Å². The van der Waals surface area contributed by atoms with E-state index in [1.807, 2.05) is 25.1 Å². The number of carbonyl (C=O) groups excluding carboxylic acids is 1. The predicted octanol–water partition coefficient (Wildman–Crippen LogP) is 1.87. The fourth-order valence-corrected chi connectivity index (χ4v) is 3.34. The Morgan fingerprint density at radius 1 is 1.21 bits per heavy atom. The number of benzene rings is 2. The molecule has 1 heterocycles. The van der Waals surface area contributed by atoms with Crippen LogP contribution in [0.15, 0.2) is 52.9 Å². The number of nitrogens with two attached hydrogens (primary N) is 1. The maximum Gasteiger partial charge on any atom is 0.250 e. The number of rotatable bonds is 7. The Hall–Kier alpha value is -2.84. The van der Waals surface area contributed by atoms with Gasteiger partial charge in [-0.25, -0.2) is 13.6 Å². The maximum absolute atomic E-state index is 12.4. The molecule has 3 N–H and O–H groups in total. The van der Waals surface area contributed by atoms with Crippen LogP contribution in [-0.4, -0.2) is 34.1 Å². The lowest BCUT2D eigenvalue weighted by atomic mass is 10.1. The van der Waals surface area contributed by atoms with Crippen molar-refractivity contribution in [1.29, 1.82) is 0 Å². The number of hydrogen-bond acceptors (Lipinski definition) is 5.